The second-order valence-electron chi connectivity index (χ2n) is 5.42. The monoisotopic (exact) mass is 297 g/mol. The summed E-state index contributed by atoms with van der Waals surface area (Å²) < 4.78 is 26.1. The number of benzene rings is 1. The van der Waals surface area contributed by atoms with E-state index in [2.05, 4.69) is 15.5 Å². The number of carbonyl (C=O) groups is 1. The predicted octanol–water partition coefficient (Wildman–Crippen LogP) is 1.26. The number of piperidine rings is 1. The zero-order valence-electron chi connectivity index (χ0n) is 12.2. The Morgan fingerprint density at radius 2 is 2.05 bits per heavy atom. The van der Waals surface area contributed by atoms with Crippen molar-refractivity contribution in [2.24, 2.45) is 0 Å². The van der Waals surface area contributed by atoms with Crippen LogP contribution in [0.2, 0.25) is 0 Å². The van der Waals surface area contributed by atoms with Gasteiger partial charge in [0.05, 0.1) is 6.54 Å². The van der Waals surface area contributed by atoms with E-state index < -0.39 is 11.6 Å². The van der Waals surface area contributed by atoms with Gasteiger partial charge in [0.25, 0.3) is 0 Å². The molecule has 0 spiro atoms. The van der Waals surface area contributed by atoms with E-state index in [9.17, 15) is 13.6 Å². The van der Waals surface area contributed by atoms with Gasteiger partial charge < -0.3 is 10.6 Å². The predicted molar refractivity (Wildman–Crippen MR) is 76.7 cm³/mol. The minimum Gasteiger partial charge on any atom is -0.351 e. The molecule has 0 saturated carbocycles. The van der Waals surface area contributed by atoms with Gasteiger partial charge in [-0.25, -0.2) is 8.78 Å². The standard InChI is InChI=1S/C15H21F2N3O/c1-18-14-3-2-4-20(9-14)10-15(21)19-8-11-5-12(16)7-13(17)6-11/h5-7,14,18H,2-4,8-10H2,1H3,(H,19,21). The third kappa shape index (κ3) is 5.06. The number of carbonyl (C=O) groups excluding carboxylic acids is 1. The maximum atomic E-state index is 13.0. The normalized spacial score (nSPS) is 19.5. The van der Waals surface area contributed by atoms with Crippen molar-refractivity contribution >= 4 is 5.91 Å². The number of halogens is 2. The molecule has 1 aliphatic heterocycles. The van der Waals surface area contributed by atoms with E-state index in [1.165, 1.54) is 12.1 Å². The molecule has 1 aliphatic rings. The molecule has 1 saturated heterocycles. The summed E-state index contributed by atoms with van der Waals surface area (Å²) in [6, 6.07) is 3.68. The second kappa shape index (κ2) is 7.47. The van der Waals surface area contributed by atoms with Crippen LogP contribution in [0.5, 0.6) is 0 Å². The van der Waals surface area contributed by atoms with Gasteiger partial charge in [0.2, 0.25) is 5.91 Å². The highest BCUT2D eigenvalue weighted by molar-refractivity contribution is 5.78. The topological polar surface area (TPSA) is 44.4 Å². The minimum atomic E-state index is -0.632. The van der Waals surface area contributed by atoms with E-state index in [4.69, 9.17) is 0 Å². The number of rotatable bonds is 5. The zero-order valence-corrected chi connectivity index (χ0v) is 12.2. The number of likely N-dealkylation sites (tertiary alicyclic amines) is 1. The molecule has 6 heteroatoms. The van der Waals surface area contributed by atoms with E-state index in [1.807, 2.05) is 7.05 Å². The van der Waals surface area contributed by atoms with Gasteiger partial charge in [-0.15, -0.1) is 0 Å². The van der Waals surface area contributed by atoms with Crippen molar-refractivity contribution < 1.29 is 13.6 Å². The Kier molecular flexibility index (Phi) is 5.64. The lowest BCUT2D eigenvalue weighted by Crippen LogP contribution is -2.47. The Hall–Kier alpha value is -1.53. The molecule has 1 heterocycles. The number of nitrogens with zero attached hydrogens (tertiary/aromatic N) is 1. The largest absolute Gasteiger partial charge is 0.351 e. The smallest absolute Gasteiger partial charge is 0.234 e. The highest BCUT2D eigenvalue weighted by Crippen LogP contribution is 2.10. The summed E-state index contributed by atoms with van der Waals surface area (Å²) >= 11 is 0. The average molecular weight is 297 g/mol. The van der Waals surface area contributed by atoms with E-state index in [0.717, 1.165) is 32.0 Å². The number of likely N-dealkylation sites (N-methyl/N-ethyl adjacent to an activating group) is 1. The Balaban J connectivity index is 1.79. The molecule has 2 N–H and O–H groups in total. The van der Waals surface area contributed by atoms with Gasteiger partial charge in [-0.1, -0.05) is 0 Å². The number of amides is 1. The van der Waals surface area contributed by atoms with Crippen LogP contribution < -0.4 is 10.6 Å². The molecule has 21 heavy (non-hydrogen) atoms. The first-order valence-corrected chi connectivity index (χ1v) is 7.18. The first-order valence-electron chi connectivity index (χ1n) is 7.18. The quantitative estimate of drug-likeness (QED) is 0.860. The van der Waals surface area contributed by atoms with Crippen LogP contribution in [-0.2, 0) is 11.3 Å². The number of nitrogens with one attached hydrogen (secondary N) is 2. The Morgan fingerprint density at radius 1 is 1.33 bits per heavy atom. The first-order chi connectivity index (χ1) is 10.1. The van der Waals surface area contributed by atoms with Gasteiger partial charge in [0.1, 0.15) is 11.6 Å². The van der Waals surface area contributed by atoms with E-state index in [1.54, 1.807) is 0 Å². The zero-order chi connectivity index (χ0) is 15.2. The second-order valence-corrected chi connectivity index (χ2v) is 5.42. The molecule has 1 amide bonds. The van der Waals surface area contributed by atoms with E-state index in [-0.39, 0.29) is 12.5 Å². The van der Waals surface area contributed by atoms with Crippen molar-refractivity contribution in [2.75, 3.05) is 26.7 Å². The molecule has 0 aromatic heterocycles. The molecular weight excluding hydrogens is 276 g/mol. The third-order valence-corrected chi connectivity index (χ3v) is 3.69. The van der Waals surface area contributed by atoms with Gasteiger partial charge in [-0.05, 0) is 44.1 Å². The maximum absolute atomic E-state index is 13.0. The maximum Gasteiger partial charge on any atom is 0.234 e. The fourth-order valence-electron chi connectivity index (χ4n) is 2.61. The van der Waals surface area contributed by atoms with Crippen LogP contribution in [0, 0.1) is 11.6 Å². The van der Waals surface area contributed by atoms with Crippen molar-refractivity contribution in [1.82, 2.24) is 15.5 Å². The summed E-state index contributed by atoms with van der Waals surface area (Å²) in [6.07, 6.45) is 2.19. The van der Waals surface area contributed by atoms with Crippen LogP contribution in [-0.4, -0.2) is 43.5 Å². The highest BCUT2D eigenvalue weighted by Gasteiger charge is 2.20. The van der Waals surface area contributed by atoms with Gasteiger partial charge in [-0.3, -0.25) is 9.69 Å². The SMILES string of the molecule is CNC1CCCN(CC(=O)NCc2cc(F)cc(F)c2)C1. The summed E-state index contributed by atoms with van der Waals surface area (Å²) in [5.74, 6) is -1.39. The van der Waals surface area contributed by atoms with Crippen LogP contribution in [0.3, 0.4) is 0 Å². The molecule has 0 aliphatic carbocycles. The van der Waals surface area contributed by atoms with Crippen molar-refractivity contribution in [3.05, 3.63) is 35.4 Å². The van der Waals surface area contributed by atoms with Crippen LogP contribution in [0.4, 0.5) is 8.78 Å². The molecule has 1 aromatic carbocycles. The molecule has 1 aromatic rings. The molecule has 1 atom stereocenters. The molecule has 0 bridgehead atoms. The fraction of sp³-hybridized carbons (Fsp3) is 0.533. The minimum absolute atomic E-state index is 0.128. The molecule has 2 rings (SSSR count). The van der Waals surface area contributed by atoms with Gasteiger partial charge in [0.15, 0.2) is 0 Å². The summed E-state index contributed by atoms with van der Waals surface area (Å²) in [5.41, 5.74) is 0.424. The van der Waals surface area contributed by atoms with Gasteiger partial charge in [0, 0.05) is 25.2 Å². The van der Waals surface area contributed by atoms with E-state index >= 15 is 0 Å². The Bertz CT molecular complexity index is 476. The molecular formula is C15H21F2N3O. The summed E-state index contributed by atoms with van der Waals surface area (Å²) in [4.78, 5) is 14.0. The lowest BCUT2D eigenvalue weighted by Gasteiger charge is -2.31. The number of hydrogen-bond donors (Lipinski definition) is 2. The fourth-order valence-corrected chi connectivity index (χ4v) is 2.61. The average Bonchev–Trinajstić information content (AvgIpc) is 2.44. The first kappa shape index (κ1) is 15.9. The lowest BCUT2D eigenvalue weighted by atomic mass is 10.1. The highest BCUT2D eigenvalue weighted by atomic mass is 19.1. The van der Waals surface area contributed by atoms with Crippen molar-refractivity contribution in [2.45, 2.75) is 25.4 Å². The summed E-state index contributed by atoms with van der Waals surface area (Å²) in [7, 11) is 1.92. The van der Waals surface area contributed by atoms with Crippen molar-refractivity contribution in [3.8, 4) is 0 Å². The van der Waals surface area contributed by atoms with Crippen molar-refractivity contribution in [3.63, 3.8) is 0 Å². The molecule has 0 radical (unpaired) electrons. The molecule has 4 nitrogen and oxygen atoms in total. The molecule has 1 unspecified atom stereocenters. The number of hydrogen-bond acceptors (Lipinski definition) is 3. The molecule has 1 fully saturated rings. The van der Waals surface area contributed by atoms with Crippen LogP contribution in [0.25, 0.3) is 0 Å². The van der Waals surface area contributed by atoms with Gasteiger partial charge in [-0.2, -0.15) is 0 Å². The van der Waals surface area contributed by atoms with E-state index in [0.29, 0.717) is 18.2 Å². The molecule has 116 valence electrons. The van der Waals surface area contributed by atoms with Crippen LogP contribution in [0.15, 0.2) is 18.2 Å². The van der Waals surface area contributed by atoms with Crippen molar-refractivity contribution in [1.29, 1.82) is 0 Å². The summed E-state index contributed by atoms with van der Waals surface area (Å²) in [6.45, 7) is 2.20. The lowest BCUT2D eigenvalue weighted by molar-refractivity contribution is -0.122. The summed E-state index contributed by atoms with van der Waals surface area (Å²) in [5, 5.41) is 5.92. The van der Waals surface area contributed by atoms with Crippen LogP contribution >= 0.6 is 0 Å². The Labute approximate surface area is 123 Å². The van der Waals surface area contributed by atoms with Gasteiger partial charge >= 0.3 is 0 Å². The van der Waals surface area contributed by atoms with Crippen LogP contribution in [0.1, 0.15) is 18.4 Å². The Morgan fingerprint density at radius 3 is 2.71 bits per heavy atom. The third-order valence-electron chi connectivity index (χ3n) is 3.69.